The van der Waals surface area contributed by atoms with E-state index in [2.05, 4.69) is 9.97 Å². The zero-order valence-corrected chi connectivity index (χ0v) is 10.9. The van der Waals surface area contributed by atoms with Gasteiger partial charge in [0.15, 0.2) is 5.69 Å². The third-order valence-corrected chi connectivity index (χ3v) is 2.64. The molecule has 1 aromatic heterocycles. The molecular formula is C14H16N2O3. The lowest BCUT2D eigenvalue weighted by Gasteiger charge is -2.05. The molecule has 5 heteroatoms. The van der Waals surface area contributed by atoms with Crippen molar-refractivity contribution in [3.63, 3.8) is 0 Å². The maximum atomic E-state index is 11.1. The number of aromatic carboxylic acids is 1. The number of hydrogen-bond donors (Lipinski definition) is 2. The van der Waals surface area contributed by atoms with Crippen LogP contribution in [-0.4, -0.2) is 27.7 Å². The van der Waals surface area contributed by atoms with Crippen molar-refractivity contribution in [1.29, 1.82) is 0 Å². The molecule has 0 unspecified atom stereocenters. The summed E-state index contributed by atoms with van der Waals surface area (Å²) in [6, 6.07) is 7.27. The van der Waals surface area contributed by atoms with E-state index in [0.717, 1.165) is 17.7 Å². The number of aromatic nitrogens is 2. The van der Waals surface area contributed by atoms with E-state index < -0.39 is 5.97 Å². The Hall–Kier alpha value is -2.30. The smallest absolute Gasteiger partial charge is 0.354 e. The highest BCUT2D eigenvalue weighted by Gasteiger charge is 2.16. The predicted molar refractivity (Wildman–Crippen MR) is 71.5 cm³/mol. The number of nitrogens with one attached hydrogen (secondary N) is 1. The Kier molecular flexibility index (Phi) is 3.85. The van der Waals surface area contributed by atoms with Crippen LogP contribution in [-0.2, 0) is 0 Å². The van der Waals surface area contributed by atoms with Crippen molar-refractivity contribution in [3.05, 3.63) is 35.8 Å². The number of aromatic amines is 1. The van der Waals surface area contributed by atoms with E-state index >= 15 is 0 Å². The first-order valence-electron chi connectivity index (χ1n) is 6.15. The fraction of sp³-hybridized carbons (Fsp3) is 0.286. The first-order chi connectivity index (χ1) is 9.11. The average molecular weight is 260 g/mol. The molecule has 0 radical (unpaired) electrons. The highest BCUT2D eigenvalue weighted by Crippen LogP contribution is 2.24. The van der Waals surface area contributed by atoms with E-state index in [9.17, 15) is 4.79 Å². The lowest BCUT2D eigenvalue weighted by molar-refractivity contribution is 0.0692. The molecule has 2 aromatic rings. The Morgan fingerprint density at radius 1 is 1.37 bits per heavy atom. The van der Waals surface area contributed by atoms with E-state index in [1.165, 1.54) is 0 Å². The largest absolute Gasteiger partial charge is 0.494 e. The second-order valence-corrected chi connectivity index (χ2v) is 4.22. The third kappa shape index (κ3) is 2.93. The topological polar surface area (TPSA) is 75.2 Å². The molecule has 0 amide bonds. The van der Waals surface area contributed by atoms with Crippen LogP contribution in [0.1, 0.15) is 29.7 Å². The Balaban J connectivity index is 2.29. The van der Waals surface area contributed by atoms with Crippen molar-refractivity contribution in [2.45, 2.75) is 20.3 Å². The van der Waals surface area contributed by atoms with Gasteiger partial charge in [0.1, 0.15) is 17.3 Å². The highest BCUT2D eigenvalue weighted by molar-refractivity contribution is 5.93. The molecule has 100 valence electrons. The quantitative estimate of drug-likeness (QED) is 0.866. The number of hydrogen-bond acceptors (Lipinski definition) is 3. The number of carbonyl (C=O) groups is 1. The molecule has 1 heterocycles. The fourth-order valence-electron chi connectivity index (χ4n) is 1.78. The lowest BCUT2D eigenvalue weighted by Crippen LogP contribution is -1.99. The molecular weight excluding hydrogens is 244 g/mol. The molecule has 2 N–H and O–H groups in total. The molecule has 0 aliphatic rings. The standard InChI is InChI=1S/C14H16N2O3/c1-3-8-19-11-6-4-10(5-7-11)12-13(14(17)18)16-9(2)15-12/h4-7H,3,8H2,1-2H3,(H,15,16)(H,17,18). The third-order valence-electron chi connectivity index (χ3n) is 2.64. The minimum absolute atomic E-state index is 0.111. The van der Waals surface area contributed by atoms with Crippen molar-refractivity contribution < 1.29 is 14.6 Å². The van der Waals surface area contributed by atoms with Crippen LogP contribution in [0.15, 0.2) is 24.3 Å². The Morgan fingerprint density at radius 2 is 2.05 bits per heavy atom. The Labute approximate surface area is 111 Å². The summed E-state index contributed by atoms with van der Waals surface area (Å²) < 4.78 is 5.48. The van der Waals surface area contributed by atoms with Gasteiger partial charge in [-0.25, -0.2) is 9.78 Å². The molecule has 0 saturated heterocycles. The lowest BCUT2D eigenvalue weighted by atomic mass is 10.1. The summed E-state index contributed by atoms with van der Waals surface area (Å²) in [7, 11) is 0. The maximum absolute atomic E-state index is 11.1. The van der Waals surface area contributed by atoms with E-state index in [1.807, 2.05) is 31.2 Å². The average Bonchev–Trinajstić information content (AvgIpc) is 2.79. The van der Waals surface area contributed by atoms with Crippen LogP contribution in [0.3, 0.4) is 0 Å². The summed E-state index contributed by atoms with van der Waals surface area (Å²) in [6.45, 7) is 4.44. The van der Waals surface area contributed by atoms with Gasteiger partial charge in [0.05, 0.1) is 6.61 Å². The minimum atomic E-state index is -1.01. The number of rotatable bonds is 5. The summed E-state index contributed by atoms with van der Waals surface area (Å²) in [5, 5.41) is 9.12. The second-order valence-electron chi connectivity index (χ2n) is 4.22. The van der Waals surface area contributed by atoms with Gasteiger partial charge in [-0.1, -0.05) is 6.92 Å². The summed E-state index contributed by atoms with van der Waals surface area (Å²) >= 11 is 0. The van der Waals surface area contributed by atoms with Crippen molar-refractivity contribution in [2.75, 3.05) is 6.61 Å². The molecule has 0 fully saturated rings. The van der Waals surface area contributed by atoms with Gasteiger partial charge in [-0.3, -0.25) is 0 Å². The van der Waals surface area contributed by atoms with Gasteiger partial charge in [-0.2, -0.15) is 0 Å². The van der Waals surface area contributed by atoms with Crippen LogP contribution in [0.25, 0.3) is 11.3 Å². The molecule has 0 aliphatic carbocycles. The van der Waals surface area contributed by atoms with Crippen molar-refractivity contribution >= 4 is 5.97 Å². The molecule has 1 aromatic carbocycles. The van der Waals surface area contributed by atoms with Gasteiger partial charge in [0.25, 0.3) is 0 Å². The monoisotopic (exact) mass is 260 g/mol. The second kappa shape index (κ2) is 5.56. The van der Waals surface area contributed by atoms with E-state index in [4.69, 9.17) is 9.84 Å². The van der Waals surface area contributed by atoms with E-state index in [0.29, 0.717) is 18.1 Å². The Morgan fingerprint density at radius 3 is 2.63 bits per heavy atom. The van der Waals surface area contributed by atoms with Gasteiger partial charge < -0.3 is 14.8 Å². The molecule has 5 nitrogen and oxygen atoms in total. The molecule has 0 bridgehead atoms. The molecule has 0 saturated carbocycles. The van der Waals surface area contributed by atoms with Crippen LogP contribution in [0.2, 0.25) is 0 Å². The summed E-state index contributed by atoms with van der Waals surface area (Å²) in [5.41, 5.74) is 1.32. The molecule has 0 spiro atoms. The molecule has 19 heavy (non-hydrogen) atoms. The molecule has 0 aliphatic heterocycles. The van der Waals surface area contributed by atoms with Crippen LogP contribution in [0.5, 0.6) is 5.75 Å². The number of ether oxygens (including phenoxy) is 1. The van der Waals surface area contributed by atoms with Gasteiger partial charge >= 0.3 is 5.97 Å². The van der Waals surface area contributed by atoms with Crippen molar-refractivity contribution in [1.82, 2.24) is 9.97 Å². The predicted octanol–water partition coefficient (Wildman–Crippen LogP) is 2.87. The zero-order chi connectivity index (χ0) is 13.8. The van der Waals surface area contributed by atoms with Gasteiger partial charge in [0, 0.05) is 5.56 Å². The normalized spacial score (nSPS) is 10.4. The number of aryl methyl sites for hydroxylation is 1. The fourth-order valence-corrected chi connectivity index (χ4v) is 1.78. The number of carboxylic acid groups (broad SMARTS) is 1. The van der Waals surface area contributed by atoms with Crippen LogP contribution in [0.4, 0.5) is 0 Å². The minimum Gasteiger partial charge on any atom is -0.494 e. The van der Waals surface area contributed by atoms with Crippen molar-refractivity contribution in [3.8, 4) is 17.0 Å². The number of benzene rings is 1. The molecule has 0 atom stereocenters. The summed E-state index contributed by atoms with van der Waals surface area (Å²) in [6.07, 6.45) is 0.948. The van der Waals surface area contributed by atoms with Gasteiger partial charge in [-0.05, 0) is 37.6 Å². The number of nitrogens with zero attached hydrogens (tertiary/aromatic N) is 1. The first-order valence-corrected chi connectivity index (χ1v) is 6.15. The number of imidazole rings is 1. The summed E-state index contributed by atoms with van der Waals surface area (Å²) in [5.74, 6) is 0.343. The zero-order valence-electron chi connectivity index (χ0n) is 10.9. The van der Waals surface area contributed by atoms with Crippen LogP contribution < -0.4 is 4.74 Å². The van der Waals surface area contributed by atoms with Crippen LogP contribution >= 0.6 is 0 Å². The van der Waals surface area contributed by atoms with Gasteiger partial charge in [0.2, 0.25) is 0 Å². The Bertz CT molecular complexity index is 573. The molecule has 2 rings (SSSR count). The summed E-state index contributed by atoms with van der Waals surface area (Å²) in [4.78, 5) is 18.1. The van der Waals surface area contributed by atoms with Crippen LogP contribution in [0, 0.1) is 6.92 Å². The number of H-pyrrole nitrogens is 1. The highest BCUT2D eigenvalue weighted by atomic mass is 16.5. The van der Waals surface area contributed by atoms with Gasteiger partial charge in [-0.15, -0.1) is 0 Å². The van der Waals surface area contributed by atoms with E-state index in [1.54, 1.807) is 6.92 Å². The SMILES string of the molecule is CCCOc1ccc(-c2nc(C)[nH]c2C(=O)O)cc1. The van der Waals surface area contributed by atoms with E-state index in [-0.39, 0.29) is 5.69 Å². The van der Waals surface area contributed by atoms with Crippen molar-refractivity contribution in [2.24, 2.45) is 0 Å². The number of carboxylic acids is 1. The maximum Gasteiger partial charge on any atom is 0.354 e. The first kappa shape index (κ1) is 13.1.